The molecule has 0 atom stereocenters. The number of halogens is 3. The van der Waals surface area contributed by atoms with Gasteiger partial charge in [0.2, 0.25) is 11.6 Å². The number of aromatic carboxylic acids is 1. The molecule has 0 radical (unpaired) electrons. The second-order valence-electron chi connectivity index (χ2n) is 2.44. The summed E-state index contributed by atoms with van der Waals surface area (Å²) in [7, 11) is 0. The Morgan fingerprint density at radius 2 is 1.87 bits per heavy atom. The lowest BCUT2D eigenvalue weighted by Crippen LogP contribution is -2.09. The number of nitro groups is 1. The van der Waals surface area contributed by atoms with Gasteiger partial charge in [-0.05, 0) is 0 Å². The maximum atomic E-state index is 13.0. The molecule has 1 rings (SSSR count). The molecule has 0 aliphatic carbocycles. The maximum absolute atomic E-state index is 13.0. The van der Waals surface area contributed by atoms with Crippen LogP contribution in [0.1, 0.15) is 10.4 Å². The maximum Gasteiger partial charge on any atom is 0.341 e. The van der Waals surface area contributed by atoms with Crippen molar-refractivity contribution in [1.29, 1.82) is 0 Å². The van der Waals surface area contributed by atoms with Gasteiger partial charge < -0.3 is 5.11 Å². The molecule has 0 aromatic heterocycles. The second kappa shape index (κ2) is 3.56. The first-order valence-corrected chi connectivity index (χ1v) is 3.41. The van der Waals surface area contributed by atoms with Gasteiger partial charge in [-0.2, -0.15) is 8.78 Å². The molecule has 15 heavy (non-hydrogen) atoms. The van der Waals surface area contributed by atoms with Crippen molar-refractivity contribution in [3.05, 3.63) is 39.2 Å². The smallest absolute Gasteiger partial charge is 0.341 e. The van der Waals surface area contributed by atoms with Crippen LogP contribution >= 0.6 is 0 Å². The molecule has 0 aliphatic rings. The van der Waals surface area contributed by atoms with E-state index in [-0.39, 0.29) is 6.07 Å². The minimum Gasteiger partial charge on any atom is -0.477 e. The van der Waals surface area contributed by atoms with E-state index < -0.39 is 39.6 Å². The van der Waals surface area contributed by atoms with E-state index in [0.29, 0.717) is 0 Å². The molecule has 0 fully saturated rings. The molecule has 80 valence electrons. The van der Waals surface area contributed by atoms with Crippen molar-refractivity contribution in [1.82, 2.24) is 0 Å². The largest absolute Gasteiger partial charge is 0.477 e. The van der Waals surface area contributed by atoms with Crippen LogP contribution in [0.5, 0.6) is 0 Å². The predicted octanol–water partition coefficient (Wildman–Crippen LogP) is 1.71. The predicted molar refractivity (Wildman–Crippen MR) is 39.9 cm³/mol. The first-order valence-electron chi connectivity index (χ1n) is 3.41. The molecule has 8 heteroatoms. The summed E-state index contributed by atoms with van der Waals surface area (Å²) in [6.45, 7) is 0. The van der Waals surface area contributed by atoms with Gasteiger partial charge in [0.25, 0.3) is 0 Å². The first kappa shape index (κ1) is 11.0. The number of nitro benzene ring substituents is 1. The molecule has 0 bridgehead atoms. The summed E-state index contributed by atoms with van der Waals surface area (Å²) < 4.78 is 38.4. The quantitative estimate of drug-likeness (QED) is 0.608. The third-order valence-corrected chi connectivity index (χ3v) is 1.54. The lowest BCUT2D eigenvalue weighted by Gasteiger charge is -2.01. The summed E-state index contributed by atoms with van der Waals surface area (Å²) >= 11 is 0. The molecular weight excluding hydrogens is 219 g/mol. The summed E-state index contributed by atoms with van der Waals surface area (Å²) in [4.78, 5) is 19.0. The van der Waals surface area contributed by atoms with Crippen LogP contribution in [-0.4, -0.2) is 16.0 Å². The number of hydrogen-bond donors (Lipinski definition) is 1. The van der Waals surface area contributed by atoms with Crippen molar-refractivity contribution in [3.63, 3.8) is 0 Å². The topological polar surface area (TPSA) is 80.4 Å². The van der Waals surface area contributed by atoms with Crippen molar-refractivity contribution in [2.24, 2.45) is 0 Å². The summed E-state index contributed by atoms with van der Waals surface area (Å²) in [6, 6.07) is -0.0509. The van der Waals surface area contributed by atoms with Crippen LogP contribution in [0.15, 0.2) is 6.07 Å². The van der Waals surface area contributed by atoms with E-state index in [9.17, 15) is 28.1 Å². The monoisotopic (exact) mass is 221 g/mol. The number of carboxylic acids is 1. The van der Waals surface area contributed by atoms with Crippen molar-refractivity contribution >= 4 is 11.7 Å². The highest BCUT2D eigenvalue weighted by atomic mass is 19.1. The van der Waals surface area contributed by atoms with Crippen molar-refractivity contribution in [2.75, 3.05) is 0 Å². The zero-order chi connectivity index (χ0) is 11.7. The fourth-order valence-corrected chi connectivity index (χ4v) is 0.943. The average Bonchev–Trinajstić information content (AvgIpc) is 1.99. The van der Waals surface area contributed by atoms with Gasteiger partial charge in [-0.25, -0.2) is 9.18 Å². The van der Waals surface area contributed by atoms with Crippen LogP contribution in [-0.2, 0) is 0 Å². The van der Waals surface area contributed by atoms with E-state index in [1.54, 1.807) is 0 Å². The van der Waals surface area contributed by atoms with Crippen LogP contribution in [0.3, 0.4) is 0 Å². The SMILES string of the molecule is O=C(O)c1c(F)cc(F)c([N+](=O)[O-])c1F. The molecule has 0 unspecified atom stereocenters. The van der Waals surface area contributed by atoms with Gasteiger partial charge in [0.1, 0.15) is 11.4 Å². The van der Waals surface area contributed by atoms with Crippen LogP contribution < -0.4 is 0 Å². The van der Waals surface area contributed by atoms with Gasteiger partial charge in [-0.15, -0.1) is 0 Å². The molecule has 0 saturated carbocycles. The molecule has 1 aromatic rings. The molecular formula is C7H2F3NO4. The van der Waals surface area contributed by atoms with Gasteiger partial charge >= 0.3 is 11.7 Å². The van der Waals surface area contributed by atoms with E-state index in [0.717, 1.165) is 0 Å². The lowest BCUT2D eigenvalue weighted by atomic mass is 10.1. The Hall–Kier alpha value is -2.12. The van der Waals surface area contributed by atoms with E-state index in [1.165, 1.54) is 0 Å². The molecule has 0 aliphatic heterocycles. The number of rotatable bonds is 2. The highest BCUT2D eigenvalue weighted by Gasteiger charge is 2.30. The average molecular weight is 221 g/mol. The highest BCUT2D eigenvalue weighted by molar-refractivity contribution is 5.89. The Morgan fingerprint density at radius 3 is 2.27 bits per heavy atom. The Kier molecular flexibility index (Phi) is 2.60. The summed E-state index contributed by atoms with van der Waals surface area (Å²) in [5.74, 6) is -7.55. The normalized spacial score (nSPS) is 10.1. The van der Waals surface area contributed by atoms with Gasteiger partial charge in [0.15, 0.2) is 0 Å². The molecule has 5 nitrogen and oxygen atoms in total. The third kappa shape index (κ3) is 1.73. The number of carboxylic acid groups (broad SMARTS) is 1. The number of benzene rings is 1. The second-order valence-corrected chi connectivity index (χ2v) is 2.44. The van der Waals surface area contributed by atoms with E-state index in [4.69, 9.17) is 5.11 Å². The Bertz CT molecular complexity index is 422. The van der Waals surface area contributed by atoms with Crippen LogP contribution in [0, 0.1) is 27.6 Å². The van der Waals surface area contributed by atoms with Gasteiger partial charge in [-0.3, -0.25) is 10.1 Å². The number of nitrogens with zero attached hydrogens (tertiary/aromatic N) is 1. The molecule has 0 amide bonds. The fraction of sp³-hybridized carbons (Fsp3) is 0. The van der Waals surface area contributed by atoms with E-state index >= 15 is 0 Å². The fourth-order valence-electron chi connectivity index (χ4n) is 0.943. The van der Waals surface area contributed by atoms with Gasteiger partial charge in [0, 0.05) is 6.07 Å². The third-order valence-electron chi connectivity index (χ3n) is 1.54. The van der Waals surface area contributed by atoms with Gasteiger partial charge in [-0.1, -0.05) is 0 Å². The minimum atomic E-state index is -2.05. The molecule has 0 heterocycles. The van der Waals surface area contributed by atoms with Crippen LogP contribution in [0.4, 0.5) is 18.9 Å². The first-order chi connectivity index (χ1) is 6.86. The van der Waals surface area contributed by atoms with E-state index in [2.05, 4.69) is 0 Å². The zero-order valence-corrected chi connectivity index (χ0v) is 6.83. The lowest BCUT2D eigenvalue weighted by molar-refractivity contribution is -0.390. The summed E-state index contributed by atoms with van der Waals surface area (Å²) in [5.41, 5.74) is -3.24. The van der Waals surface area contributed by atoms with E-state index in [1.807, 2.05) is 0 Å². The van der Waals surface area contributed by atoms with Crippen LogP contribution in [0.25, 0.3) is 0 Å². The summed E-state index contributed by atoms with van der Waals surface area (Å²) in [6.07, 6.45) is 0. The van der Waals surface area contributed by atoms with Crippen LogP contribution in [0.2, 0.25) is 0 Å². The Labute approximate surface area is 79.9 Å². The van der Waals surface area contributed by atoms with Crippen molar-refractivity contribution in [2.45, 2.75) is 0 Å². The Balaban J connectivity index is 3.64. The molecule has 1 N–H and O–H groups in total. The highest BCUT2D eigenvalue weighted by Crippen LogP contribution is 2.26. The molecule has 1 aromatic carbocycles. The zero-order valence-electron chi connectivity index (χ0n) is 6.83. The van der Waals surface area contributed by atoms with Crippen molar-refractivity contribution < 1.29 is 28.0 Å². The van der Waals surface area contributed by atoms with Crippen molar-refractivity contribution in [3.8, 4) is 0 Å². The Morgan fingerprint density at radius 1 is 1.33 bits per heavy atom. The minimum absolute atomic E-state index is 0.0509. The molecule has 0 spiro atoms. The molecule has 0 saturated heterocycles. The standard InChI is InChI=1S/C7H2F3NO4/c8-2-1-3(9)6(11(14)15)5(10)4(2)7(12)13/h1H,(H,12,13). The van der Waals surface area contributed by atoms with Gasteiger partial charge in [0.05, 0.1) is 4.92 Å². The number of carbonyl (C=O) groups is 1. The number of hydrogen-bond acceptors (Lipinski definition) is 3. The summed E-state index contributed by atoms with van der Waals surface area (Å²) in [5, 5.41) is 18.5.